The Bertz CT molecular complexity index is 817. The van der Waals surface area contributed by atoms with Crippen LogP contribution in [-0.4, -0.2) is 31.4 Å². The van der Waals surface area contributed by atoms with E-state index in [1.807, 2.05) is 54.0 Å². The summed E-state index contributed by atoms with van der Waals surface area (Å²) in [4.78, 5) is 16.4. The molecule has 3 aromatic rings. The molecule has 1 amide bonds. The van der Waals surface area contributed by atoms with Crippen LogP contribution in [0.5, 0.6) is 0 Å². The van der Waals surface area contributed by atoms with Gasteiger partial charge in [-0.1, -0.05) is 35.5 Å². The first-order chi connectivity index (χ1) is 12.2. The van der Waals surface area contributed by atoms with E-state index in [9.17, 15) is 4.79 Å². The van der Waals surface area contributed by atoms with Crippen molar-refractivity contribution in [2.75, 3.05) is 11.1 Å². The molecule has 2 heterocycles. The number of nitrogens with one attached hydrogen (secondary N) is 1. The Morgan fingerprint density at radius 1 is 1.20 bits per heavy atom. The standard InChI is InChI=1S/C18H19N5OS/c1-14-5-7-16(8-6-14)21-17(24)12-25-18-22-20-13-23(18)11-9-15-4-2-3-10-19-15/h2-8,10,13H,9,11-12H2,1H3,(H,21,24). The Hall–Kier alpha value is -2.67. The van der Waals surface area contributed by atoms with Crippen molar-refractivity contribution in [2.24, 2.45) is 0 Å². The van der Waals surface area contributed by atoms with Crippen LogP contribution in [0.2, 0.25) is 0 Å². The van der Waals surface area contributed by atoms with Crippen molar-refractivity contribution in [3.63, 3.8) is 0 Å². The summed E-state index contributed by atoms with van der Waals surface area (Å²) in [6, 6.07) is 13.6. The van der Waals surface area contributed by atoms with Crippen molar-refractivity contribution in [1.82, 2.24) is 19.7 Å². The van der Waals surface area contributed by atoms with E-state index in [0.717, 1.165) is 35.1 Å². The SMILES string of the molecule is Cc1ccc(NC(=O)CSc2nncn2CCc2ccccn2)cc1. The van der Waals surface area contributed by atoms with Crippen molar-refractivity contribution in [3.8, 4) is 0 Å². The van der Waals surface area contributed by atoms with Gasteiger partial charge in [-0.05, 0) is 31.2 Å². The molecule has 0 saturated heterocycles. The molecule has 128 valence electrons. The first kappa shape index (κ1) is 17.2. The molecule has 7 heteroatoms. The predicted molar refractivity (Wildman–Crippen MR) is 98.5 cm³/mol. The highest BCUT2D eigenvalue weighted by atomic mass is 32.2. The largest absolute Gasteiger partial charge is 0.325 e. The summed E-state index contributed by atoms with van der Waals surface area (Å²) in [6.45, 7) is 2.74. The van der Waals surface area contributed by atoms with Crippen LogP contribution in [0.1, 0.15) is 11.3 Å². The number of pyridine rings is 1. The van der Waals surface area contributed by atoms with Crippen molar-refractivity contribution in [2.45, 2.75) is 25.0 Å². The zero-order valence-corrected chi connectivity index (χ0v) is 14.7. The fraction of sp³-hybridized carbons (Fsp3) is 0.222. The fourth-order valence-electron chi connectivity index (χ4n) is 2.25. The van der Waals surface area contributed by atoms with Gasteiger partial charge in [0.1, 0.15) is 6.33 Å². The predicted octanol–water partition coefficient (Wildman–Crippen LogP) is 2.96. The molecular formula is C18H19N5OS. The third kappa shape index (κ3) is 5.15. The Labute approximate surface area is 150 Å². The second-order valence-electron chi connectivity index (χ2n) is 5.58. The van der Waals surface area contributed by atoms with Gasteiger partial charge < -0.3 is 9.88 Å². The quantitative estimate of drug-likeness (QED) is 0.661. The fourth-order valence-corrected chi connectivity index (χ4v) is 3.00. The monoisotopic (exact) mass is 353 g/mol. The van der Waals surface area contributed by atoms with E-state index < -0.39 is 0 Å². The minimum Gasteiger partial charge on any atom is -0.325 e. The summed E-state index contributed by atoms with van der Waals surface area (Å²) in [5.74, 6) is 0.226. The van der Waals surface area contributed by atoms with Gasteiger partial charge in [-0.25, -0.2) is 0 Å². The van der Waals surface area contributed by atoms with Crippen LogP contribution in [0.4, 0.5) is 5.69 Å². The lowest BCUT2D eigenvalue weighted by atomic mass is 10.2. The molecule has 25 heavy (non-hydrogen) atoms. The maximum Gasteiger partial charge on any atom is 0.234 e. The van der Waals surface area contributed by atoms with Crippen LogP contribution in [0, 0.1) is 6.92 Å². The summed E-state index contributed by atoms with van der Waals surface area (Å²) in [6.07, 6.45) is 4.26. The Balaban J connectivity index is 1.50. The van der Waals surface area contributed by atoms with Crippen molar-refractivity contribution in [1.29, 1.82) is 0 Å². The van der Waals surface area contributed by atoms with Crippen LogP contribution in [-0.2, 0) is 17.8 Å². The molecule has 0 atom stereocenters. The summed E-state index contributed by atoms with van der Waals surface area (Å²) in [5, 5.41) is 11.7. The van der Waals surface area contributed by atoms with Gasteiger partial charge in [-0.3, -0.25) is 9.78 Å². The molecule has 0 fully saturated rings. The lowest BCUT2D eigenvalue weighted by Crippen LogP contribution is -2.14. The van der Waals surface area contributed by atoms with Crippen LogP contribution in [0.15, 0.2) is 60.1 Å². The first-order valence-corrected chi connectivity index (χ1v) is 8.96. The third-order valence-corrected chi connectivity index (χ3v) is 4.56. The number of rotatable bonds is 7. The smallest absolute Gasteiger partial charge is 0.234 e. The lowest BCUT2D eigenvalue weighted by molar-refractivity contribution is -0.113. The number of thioether (sulfide) groups is 1. The highest BCUT2D eigenvalue weighted by Gasteiger charge is 2.09. The molecule has 0 bridgehead atoms. The first-order valence-electron chi connectivity index (χ1n) is 7.98. The number of amides is 1. The number of aryl methyl sites for hydroxylation is 3. The molecule has 2 aromatic heterocycles. The van der Waals surface area contributed by atoms with E-state index in [1.165, 1.54) is 11.8 Å². The van der Waals surface area contributed by atoms with Gasteiger partial charge in [0.25, 0.3) is 0 Å². The van der Waals surface area contributed by atoms with E-state index in [4.69, 9.17) is 0 Å². The number of aromatic nitrogens is 4. The van der Waals surface area contributed by atoms with Crippen molar-refractivity contribution >= 4 is 23.4 Å². The molecule has 0 spiro atoms. The maximum atomic E-state index is 12.1. The molecule has 0 saturated carbocycles. The Morgan fingerprint density at radius 3 is 2.80 bits per heavy atom. The van der Waals surface area contributed by atoms with Crippen LogP contribution in [0.3, 0.4) is 0 Å². The minimum absolute atomic E-state index is 0.0619. The van der Waals surface area contributed by atoms with E-state index >= 15 is 0 Å². The van der Waals surface area contributed by atoms with Crippen molar-refractivity contribution < 1.29 is 4.79 Å². The normalized spacial score (nSPS) is 10.6. The van der Waals surface area contributed by atoms with Crippen LogP contribution < -0.4 is 5.32 Å². The van der Waals surface area contributed by atoms with Crippen LogP contribution in [0.25, 0.3) is 0 Å². The molecule has 0 aliphatic heterocycles. The third-order valence-electron chi connectivity index (χ3n) is 3.58. The van der Waals surface area contributed by atoms with Gasteiger partial charge in [-0.2, -0.15) is 0 Å². The van der Waals surface area contributed by atoms with E-state index in [1.54, 1.807) is 12.5 Å². The van der Waals surface area contributed by atoms with E-state index in [0.29, 0.717) is 0 Å². The molecule has 0 radical (unpaired) electrons. The number of nitrogens with zero attached hydrogens (tertiary/aromatic N) is 4. The molecular weight excluding hydrogens is 334 g/mol. The Kier molecular flexibility index (Phi) is 5.79. The molecule has 0 aliphatic rings. The molecule has 6 nitrogen and oxygen atoms in total. The highest BCUT2D eigenvalue weighted by Crippen LogP contribution is 2.16. The van der Waals surface area contributed by atoms with Gasteiger partial charge in [0, 0.05) is 30.5 Å². The lowest BCUT2D eigenvalue weighted by Gasteiger charge is -2.07. The second kappa shape index (κ2) is 8.43. The zero-order chi connectivity index (χ0) is 17.5. The number of carbonyl (C=O) groups excluding carboxylic acids is 1. The van der Waals surface area contributed by atoms with Crippen molar-refractivity contribution in [3.05, 3.63) is 66.2 Å². The number of carbonyl (C=O) groups is 1. The summed E-state index contributed by atoms with van der Waals surface area (Å²) in [7, 11) is 0. The van der Waals surface area contributed by atoms with E-state index in [2.05, 4.69) is 20.5 Å². The topological polar surface area (TPSA) is 72.7 Å². The Morgan fingerprint density at radius 2 is 2.04 bits per heavy atom. The van der Waals surface area contributed by atoms with Gasteiger partial charge in [0.15, 0.2) is 5.16 Å². The molecule has 0 unspecified atom stereocenters. The van der Waals surface area contributed by atoms with Gasteiger partial charge in [0.2, 0.25) is 5.91 Å². The minimum atomic E-state index is -0.0619. The van der Waals surface area contributed by atoms with Gasteiger partial charge in [-0.15, -0.1) is 10.2 Å². The van der Waals surface area contributed by atoms with Gasteiger partial charge in [0.05, 0.1) is 5.75 Å². The van der Waals surface area contributed by atoms with Gasteiger partial charge >= 0.3 is 0 Å². The van der Waals surface area contributed by atoms with Crippen LogP contribution >= 0.6 is 11.8 Å². The summed E-state index contributed by atoms with van der Waals surface area (Å²) < 4.78 is 1.94. The molecule has 1 N–H and O–H groups in total. The number of benzene rings is 1. The number of anilines is 1. The number of hydrogen-bond donors (Lipinski definition) is 1. The zero-order valence-electron chi connectivity index (χ0n) is 13.9. The molecule has 0 aliphatic carbocycles. The second-order valence-corrected chi connectivity index (χ2v) is 6.52. The highest BCUT2D eigenvalue weighted by molar-refractivity contribution is 7.99. The molecule has 3 rings (SSSR count). The average Bonchev–Trinajstić information content (AvgIpc) is 3.08. The summed E-state index contributed by atoms with van der Waals surface area (Å²) in [5.41, 5.74) is 2.98. The van der Waals surface area contributed by atoms with E-state index in [-0.39, 0.29) is 11.7 Å². The maximum absolute atomic E-state index is 12.1. The summed E-state index contributed by atoms with van der Waals surface area (Å²) >= 11 is 1.38. The number of hydrogen-bond acceptors (Lipinski definition) is 5. The molecule has 1 aromatic carbocycles. The average molecular weight is 353 g/mol.